The summed E-state index contributed by atoms with van der Waals surface area (Å²) in [6.07, 6.45) is 5.39. The molecule has 2 aromatic rings. The molecule has 1 N–H and O–H groups in total. The fraction of sp³-hybridized carbons (Fsp3) is 0.412. The fourth-order valence-corrected chi connectivity index (χ4v) is 3.19. The average Bonchev–Trinajstić information content (AvgIpc) is 3.09. The highest BCUT2D eigenvalue weighted by Crippen LogP contribution is 2.40. The standard InChI is InChI=1S/C17H19N3O3/c1-6-18-16(19-7-1)20-11-17(4-8-21-9-5-17)13-2-3-14-15(10-13)23-12-22-14/h1-3,6-7,10H,4-5,8-9,11-12H2,(H,18,19,20). The Labute approximate surface area is 134 Å². The third-order valence-electron chi connectivity index (χ3n) is 4.59. The van der Waals surface area contributed by atoms with Crippen LogP contribution in [0.1, 0.15) is 18.4 Å². The molecule has 0 saturated carbocycles. The fourth-order valence-electron chi connectivity index (χ4n) is 3.19. The molecule has 23 heavy (non-hydrogen) atoms. The van der Waals surface area contributed by atoms with Crippen LogP contribution in [0.2, 0.25) is 0 Å². The maximum Gasteiger partial charge on any atom is 0.231 e. The predicted molar refractivity (Wildman–Crippen MR) is 84.8 cm³/mol. The first-order chi connectivity index (χ1) is 11.4. The number of nitrogens with one attached hydrogen (secondary N) is 1. The van der Waals surface area contributed by atoms with Crippen LogP contribution in [0, 0.1) is 0 Å². The molecule has 0 bridgehead atoms. The number of fused-ring (bicyclic) bond motifs is 1. The van der Waals surface area contributed by atoms with Gasteiger partial charge in [0.05, 0.1) is 0 Å². The summed E-state index contributed by atoms with van der Waals surface area (Å²) in [6.45, 7) is 2.57. The molecular weight excluding hydrogens is 294 g/mol. The van der Waals surface area contributed by atoms with Gasteiger partial charge >= 0.3 is 0 Å². The number of nitrogens with zero attached hydrogens (tertiary/aromatic N) is 2. The van der Waals surface area contributed by atoms with Crippen molar-refractivity contribution < 1.29 is 14.2 Å². The van der Waals surface area contributed by atoms with Crippen LogP contribution in [0.25, 0.3) is 0 Å². The molecule has 1 saturated heterocycles. The zero-order valence-electron chi connectivity index (χ0n) is 12.8. The van der Waals surface area contributed by atoms with Crippen LogP contribution in [-0.2, 0) is 10.2 Å². The van der Waals surface area contributed by atoms with Crippen LogP contribution >= 0.6 is 0 Å². The SMILES string of the molecule is c1cnc(NCC2(c3ccc4c(c3)OCO4)CCOCC2)nc1. The van der Waals surface area contributed by atoms with Crippen LogP contribution in [0.4, 0.5) is 5.95 Å². The van der Waals surface area contributed by atoms with Crippen molar-refractivity contribution in [2.24, 2.45) is 0 Å². The minimum absolute atomic E-state index is 0.0154. The highest BCUT2D eigenvalue weighted by molar-refractivity contribution is 5.47. The molecule has 2 aliphatic rings. The number of aromatic nitrogens is 2. The van der Waals surface area contributed by atoms with E-state index >= 15 is 0 Å². The van der Waals surface area contributed by atoms with Gasteiger partial charge in [0.25, 0.3) is 0 Å². The maximum atomic E-state index is 5.58. The van der Waals surface area contributed by atoms with E-state index in [4.69, 9.17) is 14.2 Å². The number of hydrogen-bond acceptors (Lipinski definition) is 6. The lowest BCUT2D eigenvalue weighted by Crippen LogP contribution is -2.40. The molecule has 0 radical (unpaired) electrons. The van der Waals surface area contributed by atoms with E-state index in [1.54, 1.807) is 12.4 Å². The summed E-state index contributed by atoms with van der Waals surface area (Å²) >= 11 is 0. The van der Waals surface area contributed by atoms with Crippen molar-refractivity contribution in [1.82, 2.24) is 9.97 Å². The van der Waals surface area contributed by atoms with E-state index < -0.39 is 0 Å². The van der Waals surface area contributed by atoms with Gasteiger partial charge in [0.2, 0.25) is 12.7 Å². The minimum atomic E-state index is -0.0154. The molecule has 0 spiro atoms. The van der Waals surface area contributed by atoms with Crippen molar-refractivity contribution >= 4 is 5.95 Å². The first-order valence-electron chi connectivity index (χ1n) is 7.85. The number of rotatable bonds is 4. The van der Waals surface area contributed by atoms with Crippen molar-refractivity contribution in [2.45, 2.75) is 18.3 Å². The van der Waals surface area contributed by atoms with E-state index in [-0.39, 0.29) is 5.41 Å². The molecule has 0 aliphatic carbocycles. The summed E-state index contributed by atoms with van der Waals surface area (Å²) in [7, 11) is 0. The maximum absolute atomic E-state index is 5.58. The second-order valence-corrected chi connectivity index (χ2v) is 5.89. The molecule has 1 fully saturated rings. The van der Waals surface area contributed by atoms with Crippen molar-refractivity contribution in [1.29, 1.82) is 0 Å². The highest BCUT2D eigenvalue weighted by Gasteiger charge is 2.35. The van der Waals surface area contributed by atoms with Crippen LogP contribution in [0.5, 0.6) is 11.5 Å². The molecule has 0 unspecified atom stereocenters. The van der Waals surface area contributed by atoms with E-state index in [2.05, 4.69) is 27.4 Å². The Morgan fingerprint density at radius 3 is 2.65 bits per heavy atom. The van der Waals surface area contributed by atoms with Crippen LogP contribution in [0.3, 0.4) is 0 Å². The lowest BCUT2D eigenvalue weighted by Gasteiger charge is -2.38. The predicted octanol–water partition coefficient (Wildman–Crippen LogP) is 2.37. The third-order valence-corrected chi connectivity index (χ3v) is 4.59. The Balaban J connectivity index is 1.61. The van der Waals surface area contributed by atoms with Gasteiger partial charge in [-0.3, -0.25) is 0 Å². The first-order valence-corrected chi connectivity index (χ1v) is 7.85. The van der Waals surface area contributed by atoms with E-state index in [1.165, 1.54) is 5.56 Å². The lowest BCUT2D eigenvalue weighted by atomic mass is 9.74. The Morgan fingerprint density at radius 1 is 1.04 bits per heavy atom. The van der Waals surface area contributed by atoms with Gasteiger partial charge < -0.3 is 19.5 Å². The third kappa shape index (κ3) is 2.82. The van der Waals surface area contributed by atoms with Gasteiger partial charge in [-0.2, -0.15) is 0 Å². The summed E-state index contributed by atoms with van der Waals surface area (Å²) in [5.41, 5.74) is 1.23. The van der Waals surface area contributed by atoms with Crippen molar-refractivity contribution in [3.05, 3.63) is 42.2 Å². The number of hydrogen-bond donors (Lipinski definition) is 1. The summed E-state index contributed by atoms with van der Waals surface area (Å²) in [4.78, 5) is 8.50. The quantitative estimate of drug-likeness (QED) is 0.935. The summed E-state index contributed by atoms with van der Waals surface area (Å²) < 4.78 is 16.5. The second-order valence-electron chi connectivity index (χ2n) is 5.89. The van der Waals surface area contributed by atoms with Gasteiger partial charge in [-0.25, -0.2) is 9.97 Å². The first kappa shape index (κ1) is 14.3. The molecule has 0 atom stereocenters. The molecule has 6 nitrogen and oxygen atoms in total. The van der Waals surface area contributed by atoms with Crippen LogP contribution < -0.4 is 14.8 Å². The zero-order valence-corrected chi connectivity index (χ0v) is 12.8. The largest absolute Gasteiger partial charge is 0.454 e. The van der Waals surface area contributed by atoms with Gasteiger partial charge in [0, 0.05) is 37.6 Å². The van der Waals surface area contributed by atoms with Crippen molar-refractivity contribution in [2.75, 3.05) is 31.9 Å². The Morgan fingerprint density at radius 2 is 1.83 bits per heavy atom. The number of benzene rings is 1. The molecule has 3 heterocycles. The molecule has 2 aliphatic heterocycles. The molecule has 6 heteroatoms. The van der Waals surface area contributed by atoms with E-state index in [0.29, 0.717) is 12.7 Å². The van der Waals surface area contributed by atoms with Gasteiger partial charge in [-0.05, 0) is 36.6 Å². The van der Waals surface area contributed by atoms with E-state index in [0.717, 1.165) is 44.1 Å². The molecule has 1 aromatic carbocycles. The van der Waals surface area contributed by atoms with Crippen molar-refractivity contribution in [3.63, 3.8) is 0 Å². The summed E-state index contributed by atoms with van der Waals surface area (Å²) in [6, 6.07) is 8.04. The van der Waals surface area contributed by atoms with Crippen LogP contribution in [-0.4, -0.2) is 36.5 Å². The average molecular weight is 313 g/mol. The number of anilines is 1. The molecular formula is C17H19N3O3. The highest BCUT2D eigenvalue weighted by atomic mass is 16.7. The molecule has 120 valence electrons. The number of ether oxygens (including phenoxy) is 3. The van der Waals surface area contributed by atoms with Gasteiger partial charge in [0.1, 0.15) is 0 Å². The molecule has 4 rings (SSSR count). The zero-order chi connectivity index (χ0) is 15.5. The normalized spacial score (nSPS) is 18.6. The monoisotopic (exact) mass is 313 g/mol. The lowest BCUT2D eigenvalue weighted by molar-refractivity contribution is 0.0542. The summed E-state index contributed by atoms with van der Waals surface area (Å²) in [5, 5.41) is 3.37. The Bertz CT molecular complexity index is 672. The van der Waals surface area contributed by atoms with E-state index in [1.807, 2.05) is 12.1 Å². The van der Waals surface area contributed by atoms with Crippen molar-refractivity contribution in [3.8, 4) is 11.5 Å². The Hall–Kier alpha value is -2.34. The van der Waals surface area contributed by atoms with Gasteiger partial charge in [0.15, 0.2) is 11.5 Å². The van der Waals surface area contributed by atoms with Gasteiger partial charge in [-0.15, -0.1) is 0 Å². The molecule has 1 aromatic heterocycles. The van der Waals surface area contributed by atoms with Gasteiger partial charge in [-0.1, -0.05) is 6.07 Å². The summed E-state index contributed by atoms with van der Waals surface area (Å²) in [5.74, 6) is 2.29. The Kier molecular flexibility index (Phi) is 3.75. The molecule has 0 amide bonds. The van der Waals surface area contributed by atoms with Crippen LogP contribution in [0.15, 0.2) is 36.7 Å². The minimum Gasteiger partial charge on any atom is -0.454 e. The second kappa shape index (κ2) is 6.04. The smallest absolute Gasteiger partial charge is 0.231 e. The topological polar surface area (TPSA) is 65.5 Å². The van der Waals surface area contributed by atoms with E-state index in [9.17, 15) is 0 Å².